The Hall–Kier alpha value is -3.93. The van der Waals surface area contributed by atoms with Crippen LogP contribution in [0, 0.1) is 35.5 Å². The van der Waals surface area contributed by atoms with Gasteiger partial charge in [0.05, 0.1) is 36.8 Å². The average molecular weight is 861 g/mol. The molecule has 0 bridgehead atoms. The summed E-state index contributed by atoms with van der Waals surface area (Å²) in [6.07, 6.45) is 3.41. The number of carbonyl (C=O) groups is 5. The first-order valence-corrected chi connectivity index (χ1v) is 23.1. The quantitative estimate of drug-likeness (QED) is 0.0895. The van der Waals surface area contributed by atoms with Crippen LogP contribution in [0.25, 0.3) is 0 Å². The molecule has 0 radical (unpaired) electrons. The highest BCUT2D eigenvalue weighted by Gasteiger charge is 2.43. The van der Waals surface area contributed by atoms with Gasteiger partial charge in [-0.05, 0) is 86.7 Å². The molecule has 0 spiro atoms. The molecule has 346 valence electrons. The highest BCUT2D eigenvalue weighted by atomic mass is 16.5. The van der Waals surface area contributed by atoms with Crippen LogP contribution in [0.2, 0.25) is 0 Å². The van der Waals surface area contributed by atoms with Crippen LogP contribution in [-0.4, -0.2) is 116 Å². The first kappa shape index (κ1) is 52.4. The van der Waals surface area contributed by atoms with E-state index in [4.69, 9.17) is 15.2 Å². The number of carbonyl (C=O) groups excluding carboxylic acids is 5. The number of anilines is 1. The highest BCUT2D eigenvalue weighted by molar-refractivity contribution is 5.90. The number of methoxy groups -OCH3 is 2. The van der Waals surface area contributed by atoms with Crippen LogP contribution in [0.15, 0.2) is 54.6 Å². The lowest BCUT2D eigenvalue weighted by Crippen LogP contribution is -2.54. The van der Waals surface area contributed by atoms with Crippen LogP contribution in [0.3, 0.4) is 0 Å². The van der Waals surface area contributed by atoms with Gasteiger partial charge in [0.25, 0.3) is 0 Å². The fourth-order valence-corrected chi connectivity index (χ4v) is 9.83. The van der Waals surface area contributed by atoms with Crippen LogP contribution in [0.5, 0.6) is 0 Å². The minimum atomic E-state index is -0.599. The first-order chi connectivity index (χ1) is 29.3. The Morgan fingerprint density at radius 2 is 1.44 bits per heavy atom. The van der Waals surface area contributed by atoms with Crippen molar-refractivity contribution in [3.63, 3.8) is 0 Å². The van der Waals surface area contributed by atoms with Crippen molar-refractivity contribution in [1.82, 2.24) is 14.7 Å². The predicted molar refractivity (Wildman–Crippen MR) is 248 cm³/mol. The van der Waals surface area contributed by atoms with Crippen LogP contribution >= 0.6 is 0 Å². The smallest absolute Gasteiger partial charge is 0.226 e. The Morgan fingerprint density at radius 3 is 1.98 bits per heavy atom. The van der Waals surface area contributed by atoms with Crippen LogP contribution in [-0.2, 0) is 46.3 Å². The summed E-state index contributed by atoms with van der Waals surface area (Å²) >= 11 is 0. The van der Waals surface area contributed by atoms with Gasteiger partial charge in [-0.25, -0.2) is 0 Å². The third-order valence-corrected chi connectivity index (χ3v) is 13.5. The second kappa shape index (κ2) is 25.4. The van der Waals surface area contributed by atoms with Crippen molar-refractivity contribution < 1.29 is 33.4 Å². The number of nitrogen functional groups attached to an aromatic ring is 1. The number of ketones is 3. The molecule has 2 N–H and O–H groups in total. The van der Waals surface area contributed by atoms with Gasteiger partial charge in [-0.3, -0.25) is 28.9 Å². The summed E-state index contributed by atoms with van der Waals surface area (Å²) in [4.78, 5) is 75.6. The lowest BCUT2D eigenvalue weighted by molar-refractivity contribution is -0.149. The van der Waals surface area contributed by atoms with Crippen molar-refractivity contribution in [2.75, 3.05) is 47.6 Å². The topological polar surface area (TPSA) is 140 Å². The highest BCUT2D eigenvalue weighted by Crippen LogP contribution is 2.32. The van der Waals surface area contributed by atoms with Gasteiger partial charge in [0.2, 0.25) is 11.8 Å². The summed E-state index contributed by atoms with van der Waals surface area (Å²) in [5.74, 6) is -1.22. The van der Waals surface area contributed by atoms with E-state index in [9.17, 15) is 24.0 Å². The minimum absolute atomic E-state index is 0.00238. The number of likely N-dealkylation sites (tertiary alicyclic amines) is 1. The van der Waals surface area contributed by atoms with Crippen molar-refractivity contribution in [1.29, 1.82) is 0 Å². The molecule has 62 heavy (non-hydrogen) atoms. The molecule has 1 aliphatic heterocycles. The van der Waals surface area contributed by atoms with Gasteiger partial charge in [-0.15, -0.1) is 0 Å². The molecule has 2 aromatic rings. The van der Waals surface area contributed by atoms with Crippen molar-refractivity contribution in [2.24, 2.45) is 35.5 Å². The van der Waals surface area contributed by atoms with E-state index < -0.39 is 30.1 Å². The van der Waals surface area contributed by atoms with E-state index >= 15 is 0 Å². The Bertz CT molecular complexity index is 1710. The molecule has 0 saturated carbocycles. The molecular formula is C51H80N4O7. The molecule has 0 aliphatic carbocycles. The van der Waals surface area contributed by atoms with E-state index in [1.54, 1.807) is 26.2 Å². The molecule has 1 heterocycles. The number of aryl methyl sites for hydroxylation is 1. The van der Waals surface area contributed by atoms with Crippen LogP contribution in [0.1, 0.15) is 111 Å². The van der Waals surface area contributed by atoms with E-state index in [-0.39, 0.29) is 84.2 Å². The Labute approximate surface area is 373 Å². The number of nitrogens with zero attached hydrogens (tertiary/aromatic N) is 3. The van der Waals surface area contributed by atoms with Crippen LogP contribution in [0.4, 0.5) is 5.69 Å². The molecular weight excluding hydrogens is 781 g/mol. The van der Waals surface area contributed by atoms with Gasteiger partial charge in [-0.2, -0.15) is 0 Å². The third kappa shape index (κ3) is 14.8. The molecule has 0 unspecified atom stereocenters. The number of hydrogen-bond donors (Lipinski definition) is 1. The Balaban J connectivity index is 1.77. The molecule has 1 fully saturated rings. The fourth-order valence-electron chi connectivity index (χ4n) is 9.83. The zero-order chi connectivity index (χ0) is 46.3. The van der Waals surface area contributed by atoms with E-state index in [0.29, 0.717) is 44.3 Å². The van der Waals surface area contributed by atoms with Gasteiger partial charge in [0.1, 0.15) is 11.6 Å². The maximum Gasteiger partial charge on any atom is 0.226 e. The van der Waals surface area contributed by atoms with Crippen molar-refractivity contribution in [2.45, 2.75) is 143 Å². The molecule has 2 aromatic carbocycles. The van der Waals surface area contributed by atoms with E-state index in [0.717, 1.165) is 24.0 Å². The van der Waals surface area contributed by atoms with Crippen molar-refractivity contribution in [3.05, 3.63) is 65.7 Å². The van der Waals surface area contributed by atoms with Crippen molar-refractivity contribution >= 4 is 34.9 Å². The second-order valence-corrected chi connectivity index (χ2v) is 19.0. The number of rotatable bonds is 27. The van der Waals surface area contributed by atoms with E-state index in [1.165, 1.54) is 0 Å². The van der Waals surface area contributed by atoms with E-state index in [1.807, 2.05) is 113 Å². The number of amides is 2. The standard InChI is InChI=1S/C51H80N4O7/c1-13-35(6)49(54(10)51(60)42(33(2)3)31-45(58)48(34(4)5)53(8)9)46(61-11)32-47(59)55-27-17-20-43(55)50(62-12)36(7)44(57)30-39(28-38-18-15-14-16-19-38)29-41(56)26-23-37-21-24-40(52)25-22-37/h14-16,18-19,21-22,24-25,33-36,39,42-43,46,48-50H,13,17,20,23,26-32,52H2,1-12H3/t35-,36-,39-,42-,43-,46+,48-,49-,50+/m0/s1. The maximum absolute atomic E-state index is 14.4. The number of likely N-dealkylation sites (N-methyl/N-ethyl adjacent to an activating group) is 2. The third-order valence-electron chi connectivity index (χ3n) is 13.5. The second-order valence-electron chi connectivity index (χ2n) is 19.0. The molecule has 3 rings (SSSR count). The number of benzene rings is 2. The van der Waals surface area contributed by atoms with E-state index in [2.05, 4.69) is 13.8 Å². The SMILES string of the molecule is CC[C@H](C)[C@@H]([C@@H](CC(=O)N1CCC[C@H]1[C@H](OC)[C@@H](C)C(=O)C[C@H](CC(=O)CCc1ccc(N)cc1)Cc1ccccc1)OC)N(C)C(=O)[C@@H](CC(=O)[C@H](C(C)C)N(C)C)C(C)C. The van der Waals surface area contributed by atoms with Gasteiger partial charge >= 0.3 is 0 Å². The Kier molecular flexibility index (Phi) is 21.5. The van der Waals surface area contributed by atoms with Gasteiger partial charge in [-0.1, -0.05) is 97.4 Å². The summed E-state index contributed by atoms with van der Waals surface area (Å²) in [5, 5.41) is 0. The number of ether oxygens (including phenoxy) is 2. The first-order valence-electron chi connectivity index (χ1n) is 23.1. The molecule has 1 aliphatic rings. The predicted octanol–water partition coefficient (Wildman–Crippen LogP) is 7.72. The minimum Gasteiger partial charge on any atom is -0.399 e. The Morgan fingerprint density at radius 1 is 0.790 bits per heavy atom. The largest absolute Gasteiger partial charge is 0.399 e. The lowest BCUT2D eigenvalue weighted by atomic mass is 9.83. The summed E-state index contributed by atoms with van der Waals surface area (Å²) in [6.45, 7) is 14.6. The molecule has 2 amide bonds. The zero-order valence-electron chi connectivity index (χ0n) is 40.1. The molecule has 11 heteroatoms. The summed E-state index contributed by atoms with van der Waals surface area (Å²) in [6, 6.07) is 16.5. The van der Waals surface area contributed by atoms with Crippen LogP contribution < -0.4 is 5.73 Å². The summed E-state index contributed by atoms with van der Waals surface area (Å²) < 4.78 is 12.2. The average Bonchev–Trinajstić information content (AvgIpc) is 3.71. The van der Waals surface area contributed by atoms with Gasteiger partial charge < -0.3 is 25.0 Å². The molecule has 1 saturated heterocycles. The molecule has 9 atom stereocenters. The number of Topliss-reactive ketones (excluding diaryl/α,β-unsaturated/α-hetero) is 3. The maximum atomic E-state index is 14.4. The molecule has 11 nitrogen and oxygen atoms in total. The lowest BCUT2D eigenvalue weighted by Gasteiger charge is -2.41. The normalized spacial score (nSPS) is 18.2. The monoisotopic (exact) mass is 861 g/mol. The van der Waals surface area contributed by atoms with Gasteiger partial charge in [0.15, 0.2) is 5.78 Å². The van der Waals surface area contributed by atoms with Crippen molar-refractivity contribution in [3.8, 4) is 0 Å². The summed E-state index contributed by atoms with van der Waals surface area (Å²) in [7, 11) is 8.78. The molecule has 0 aromatic heterocycles. The fraction of sp³-hybridized carbons (Fsp3) is 0.667. The zero-order valence-corrected chi connectivity index (χ0v) is 40.1. The summed E-state index contributed by atoms with van der Waals surface area (Å²) in [5.41, 5.74) is 8.66. The number of nitrogens with two attached hydrogens (primary N) is 1. The number of hydrogen-bond acceptors (Lipinski definition) is 9. The van der Waals surface area contributed by atoms with Gasteiger partial charge in [0, 0.05) is 71.0 Å².